The van der Waals surface area contributed by atoms with Crippen LogP contribution in [-0.4, -0.2) is 21.3 Å². The minimum Gasteiger partial charge on any atom is -0.508 e. The van der Waals surface area contributed by atoms with Gasteiger partial charge in [-0.1, -0.05) is 60.7 Å². The van der Waals surface area contributed by atoms with Gasteiger partial charge in [0, 0.05) is 0 Å². The maximum atomic E-state index is 12.3. The first-order valence-corrected chi connectivity index (χ1v) is 9.59. The molecule has 0 bridgehead atoms. The zero-order valence-corrected chi connectivity index (χ0v) is 15.9. The second-order valence-electron chi connectivity index (χ2n) is 7.42. The SMILES string of the molecule is O=C(O)c1cccc2c1C(c1ccc(O)cc1)(c1ccc(O)cc1)c1ccccc1-2. The van der Waals surface area contributed by atoms with Gasteiger partial charge in [0.25, 0.3) is 0 Å². The van der Waals surface area contributed by atoms with Crippen LogP contribution in [0.2, 0.25) is 0 Å². The van der Waals surface area contributed by atoms with Crippen molar-refractivity contribution >= 4 is 5.97 Å². The molecule has 0 heterocycles. The van der Waals surface area contributed by atoms with Gasteiger partial charge in [-0.25, -0.2) is 4.79 Å². The van der Waals surface area contributed by atoms with E-state index in [0.717, 1.165) is 27.8 Å². The second kappa shape index (κ2) is 6.49. The average molecular weight is 394 g/mol. The molecule has 0 unspecified atom stereocenters. The number of carboxylic acid groups (broad SMARTS) is 1. The molecular weight excluding hydrogens is 376 g/mol. The van der Waals surface area contributed by atoms with E-state index < -0.39 is 11.4 Å². The van der Waals surface area contributed by atoms with E-state index >= 15 is 0 Å². The fraction of sp³-hybridized carbons (Fsp3) is 0.0385. The van der Waals surface area contributed by atoms with E-state index in [9.17, 15) is 20.1 Å². The topological polar surface area (TPSA) is 77.8 Å². The second-order valence-corrected chi connectivity index (χ2v) is 7.42. The number of hydrogen-bond acceptors (Lipinski definition) is 3. The fourth-order valence-corrected chi connectivity index (χ4v) is 4.73. The summed E-state index contributed by atoms with van der Waals surface area (Å²) >= 11 is 0. The van der Waals surface area contributed by atoms with Crippen molar-refractivity contribution in [2.45, 2.75) is 5.41 Å². The summed E-state index contributed by atoms with van der Waals surface area (Å²) in [6.45, 7) is 0. The van der Waals surface area contributed by atoms with Crippen LogP contribution in [0.1, 0.15) is 32.6 Å². The van der Waals surface area contributed by atoms with Crippen LogP contribution in [0.15, 0.2) is 91.0 Å². The highest BCUT2D eigenvalue weighted by atomic mass is 16.4. The van der Waals surface area contributed by atoms with Gasteiger partial charge in [0.2, 0.25) is 0 Å². The molecule has 146 valence electrons. The molecular formula is C26H18O4. The van der Waals surface area contributed by atoms with Gasteiger partial charge in [-0.3, -0.25) is 0 Å². The lowest BCUT2D eigenvalue weighted by atomic mass is 9.66. The van der Waals surface area contributed by atoms with Crippen LogP contribution in [0.5, 0.6) is 11.5 Å². The summed E-state index contributed by atoms with van der Waals surface area (Å²) in [5, 5.41) is 29.9. The summed E-state index contributed by atoms with van der Waals surface area (Å²) in [7, 11) is 0. The first-order valence-electron chi connectivity index (χ1n) is 9.59. The van der Waals surface area contributed by atoms with Gasteiger partial charge < -0.3 is 15.3 Å². The summed E-state index contributed by atoms with van der Waals surface area (Å²) in [6, 6.07) is 27.0. The number of rotatable bonds is 3. The zero-order chi connectivity index (χ0) is 20.9. The predicted molar refractivity (Wildman–Crippen MR) is 114 cm³/mol. The van der Waals surface area contributed by atoms with Gasteiger partial charge in [0.05, 0.1) is 11.0 Å². The molecule has 1 aliphatic rings. The van der Waals surface area contributed by atoms with Gasteiger partial charge in [0.15, 0.2) is 0 Å². The number of benzene rings is 4. The Morgan fingerprint density at radius 2 is 1.17 bits per heavy atom. The molecule has 1 aliphatic carbocycles. The van der Waals surface area contributed by atoms with Crippen molar-refractivity contribution in [1.29, 1.82) is 0 Å². The number of aromatic hydroxyl groups is 2. The summed E-state index contributed by atoms with van der Waals surface area (Å²) < 4.78 is 0. The molecule has 0 spiro atoms. The van der Waals surface area contributed by atoms with Crippen LogP contribution >= 0.6 is 0 Å². The van der Waals surface area contributed by atoms with E-state index in [-0.39, 0.29) is 17.1 Å². The van der Waals surface area contributed by atoms with E-state index in [1.54, 1.807) is 36.4 Å². The van der Waals surface area contributed by atoms with Crippen LogP contribution in [0.25, 0.3) is 11.1 Å². The molecule has 0 fully saturated rings. The summed E-state index contributed by atoms with van der Waals surface area (Å²) in [4.78, 5) is 12.3. The van der Waals surface area contributed by atoms with E-state index in [0.29, 0.717) is 5.56 Å². The van der Waals surface area contributed by atoms with Crippen molar-refractivity contribution in [2.75, 3.05) is 0 Å². The van der Waals surface area contributed by atoms with Crippen molar-refractivity contribution in [3.63, 3.8) is 0 Å². The Kier molecular flexibility index (Phi) is 3.90. The number of fused-ring (bicyclic) bond motifs is 3. The number of hydrogen-bond donors (Lipinski definition) is 3. The Balaban J connectivity index is 2.00. The Hall–Kier alpha value is -4.05. The van der Waals surface area contributed by atoms with Gasteiger partial charge in [-0.2, -0.15) is 0 Å². The number of aromatic carboxylic acids is 1. The first kappa shape index (κ1) is 18.0. The number of phenolic OH excluding ortho intramolecular Hbond substituents is 2. The third kappa shape index (κ3) is 2.37. The fourth-order valence-electron chi connectivity index (χ4n) is 4.73. The van der Waals surface area contributed by atoms with E-state index in [1.807, 2.05) is 54.6 Å². The molecule has 30 heavy (non-hydrogen) atoms. The van der Waals surface area contributed by atoms with Crippen LogP contribution < -0.4 is 0 Å². The van der Waals surface area contributed by atoms with Gasteiger partial charge in [0.1, 0.15) is 11.5 Å². The Bertz CT molecular complexity index is 1230. The molecule has 0 aliphatic heterocycles. The van der Waals surface area contributed by atoms with Crippen molar-refractivity contribution in [2.24, 2.45) is 0 Å². The smallest absolute Gasteiger partial charge is 0.336 e. The Morgan fingerprint density at radius 3 is 1.73 bits per heavy atom. The lowest BCUT2D eigenvalue weighted by Gasteiger charge is -2.34. The maximum Gasteiger partial charge on any atom is 0.336 e. The standard InChI is InChI=1S/C26H18O4/c27-18-12-8-16(9-13-18)26(17-10-14-19(28)15-11-17)23-7-2-1-4-20(23)21-5-3-6-22(24(21)26)25(29)30/h1-15,27-28H,(H,29,30). The highest BCUT2D eigenvalue weighted by molar-refractivity contribution is 5.98. The monoisotopic (exact) mass is 394 g/mol. The van der Waals surface area contributed by atoms with Crippen molar-refractivity contribution in [3.8, 4) is 22.6 Å². The van der Waals surface area contributed by atoms with Crippen LogP contribution in [0.4, 0.5) is 0 Å². The molecule has 0 saturated carbocycles. The van der Waals surface area contributed by atoms with Crippen LogP contribution in [-0.2, 0) is 5.41 Å². The minimum absolute atomic E-state index is 0.137. The minimum atomic E-state index is -0.999. The Labute approximate surface area is 173 Å². The molecule has 4 aromatic rings. The van der Waals surface area contributed by atoms with Gasteiger partial charge in [-0.05, 0) is 63.7 Å². The maximum absolute atomic E-state index is 12.3. The van der Waals surface area contributed by atoms with Crippen LogP contribution in [0.3, 0.4) is 0 Å². The first-order chi connectivity index (χ1) is 14.5. The normalized spacial score (nSPS) is 13.5. The molecule has 3 N–H and O–H groups in total. The lowest BCUT2D eigenvalue weighted by molar-refractivity contribution is 0.0695. The molecule has 0 radical (unpaired) electrons. The third-order valence-electron chi connectivity index (χ3n) is 5.89. The van der Waals surface area contributed by atoms with E-state index in [2.05, 4.69) is 0 Å². The van der Waals surface area contributed by atoms with Crippen molar-refractivity contribution in [1.82, 2.24) is 0 Å². The van der Waals surface area contributed by atoms with Crippen molar-refractivity contribution < 1.29 is 20.1 Å². The largest absolute Gasteiger partial charge is 0.508 e. The van der Waals surface area contributed by atoms with E-state index in [1.165, 1.54) is 0 Å². The summed E-state index contributed by atoms with van der Waals surface area (Å²) in [5.74, 6) is -0.725. The number of carboxylic acids is 1. The number of phenols is 2. The molecule has 0 atom stereocenters. The van der Waals surface area contributed by atoms with Gasteiger partial charge >= 0.3 is 5.97 Å². The lowest BCUT2D eigenvalue weighted by Crippen LogP contribution is -2.30. The highest BCUT2D eigenvalue weighted by Gasteiger charge is 2.48. The summed E-state index contributed by atoms with van der Waals surface area (Å²) in [6.07, 6.45) is 0. The molecule has 4 heteroatoms. The summed E-state index contributed by atoms with van der Waals surface area (Å²) in [5.41, 5.74) is 4.49. The molecule has 4 aromatic carbocycles. The molecule has 4 nitrogen and oxygen atoms in total. The third-order valence-corrected chi connectivity index (χ3v) is 5.89. The molecule has 5 rings (SSSR count). The Morgan fingerprint density at radius 1 is 0.633 bits per heavy atom. The van der Waals surface area contributed by atoms with Crippen molar-refractivity contribution in [3.05, 3.63) is 119 Å². The molecule has 0 saturated heterocycles. The average Bonchev–Trinajstić information content (AvgIpc) is 3.06. The zero-order valence-electron chi connectivity index (χ0n) is 15.9. The molecule has 0 amide bonds. The van der Waals surface area contributed by atoms with Gasteiger partial charge in [-0.15, -0.1) is 0 Å². The van der Waals surface area contributed by atoms with Crippen LogP contribution in [0, 0.1) is 0 Å². The highest BCUT2D eigenvalue weighted by Crippen LogP contribution is 2.57. The molecule has 0 aromatic heterocycles. The predicted octanol–water partition coefficient (Wildman–Crippen LogP) is 5.16. The quantitative estimate of drug-likeness (QED) is 0.395. The van der Waals surface area contributed by atoms with E-state index in [4.69, 9.17) is 0 Å². The number of carbonyl (C=O) groups is 1.